The van der Waals surface area contributed by atoms with Crippen molar-refractivity contribution in [3.63, 3.8) is 0 Å². The Balaban J connectivity index is 2.13. The van der Waals surface area contributed by atoms with Crippen LogP contribution in [0.5, 0.6) is 0 Å². The average molecular weight is 307 g/mol. The van der Waals surface area contributed by atoms with E-state index in [9.17, 15) is 4.79 Å². The van der Waals surface area contributed by atoms with Crippen LogP contribution in [0.3, 0.4) is 0 Å². The zero-order valence-corrected chi connectivity index (χ0v) is 11.7. The summed E-state index contributed by atoms with van der Waals surface area (Å²) in [5.41, 5.74) is 1.25. The van der Waals surface area contributed by atoms with Gasteiger partial charge in [-0.05, 0) is 43.5 Å². The summed E-state index contributed by atoms with van der Waals surface area (Å²) >= 11 is 3.40. The molecule has 1 aliphatic rings. The number of nitrogens with zero attached hydrogens (tertiary/aromatic N) is 2. The Morgan fingerprint density at radius 2 is 2.06 bits per heavy atom. The van der Waals surface area contributed by atoms with Crippen LogP contribution in [0.4, 0.5) is 0 Å². The van der Waals surface area contributed by atoms with Gasteiger partial charge in [0.15, 0.2) is 0 Å². The summed E-state index contributed by atoms with van der Waals surface area (Å²) in [6, 6.07) is 9.32. The average Bonchev–Trinajstić information content (AvgIpc) is 2.35. The number of halogens is 1. The van der Waals surface area contributed by atoms with E-state index >= 15 is 0 Å². The number of alkyl halides is 1. The summed E-state index contributed by atoms with van der Waals surface area (Å²) in [5, 5.41) is 9.54. The second kappa shape index (κ2) is 6.01. The van der Waals surface area contributed by atoms with Crippen molar-refractivity contribution in [2.45, 2.75) is 25.3 Å². The monoisotopic (exact) mass is 306 g/mol. The lowest BCUT2D eigenvalue weighted by atomic mass is 9.91. The van der Waals surface area contributed by atoms with Crippen molar-refractivity contribution < 1.29 is 4.79 Å². The lowest BCUT2D eigenvalue weighted by Crippen LogP contribution is -2.45. The molecular weight excluding hydrogens is 292 g/mol. The molecular formula is C14H15BrN2O. The third-order valence-electron chi connectivity index (χ3n) is 3.36. The number of benzene rings is 1. The van der Waals surface area contributed by atoms with Crippen LogP contribution < -0.4 is 0 Å². The molecule has 0 heterocycles. The highest BCUT2D eigenvalue weighted by atomic mass is 79.9. The van der Waals surface area contributed by atoms with Crippen LogP contribution in [0.15, 0.2) is 24.3 Å². The van der Waals surface area contributed by atoms with E-state index in [1.807, 2.05) is 4.90 Å². The standard InChI is InChI=1S/C14H15BrN2O/c15-8-9-17(13-2-1-3-13)14(18)12-6-4-11(10-16)5-7-12/h4-7,13H,1-3,8-9H2. The molecule has 0 aromatic heterocycles. The largest absolute Gasteiger partial charge is 0.335 e. The predicted molar refractivity (Wildman–Crippen MR) is 73.6 cm³/mol. The van der Waals surface area contributed by atoms with Gasteiger partial charge in [-0.2, -0.15) is 5.26 Å². The summed E-state index contributed by atoms with van der Waals surface area (Å²) in [4.78, 5) is 14.3. The summed E-state index contributed by atoms with van der Waals surface area (Å²) in [6.45, 7) is 0.740. The van der Waals surface area contributed by atoms with Gasteiger partial charge in [0.05, 0.1) is 11.6 Å². The van der Waals surface area contributed by atoms with Gasteiger partial charge in [0.25, 0.3) is 5.91 Å². The zero-order valence-electron chi connectivity index (χ0n) is 10.1. The van der Waals surface area contributed by atoms with Crippen LogP contribution in [0, 0.1) is 11.3 Å². The first-order valence-electron chi connectivity index (χ1n) is 6.13. The molecule has 1 fully saturated rings. The Hall–Kier alpha value is -1.34. The van der Waals surface area contributed by atoms with Crippen molar-refractivity contribution in [3.8, 4) is 6.07 Å². The Kier molecular flexibility index (Phi) is 4.38. The van der Waals surface area contributed by atoms with Crippen molar-refractivity contribution in [3.05, 3.63) is 35.4 Å². The normalized spacial score (nSPS) is 14.7. The molecule has 0 aliphatic heterocycles. The van der Waals surface area contributed by atoms with Gasteiger partial charge in [-0.1, -0.05) is 15.9 Å². The molecule has 0 bridgehead atoms. The van der Waals surface area contributed by atoms with Crippen LogP contribution in [0.1, 0.15) is 35.2 Å². The maximum Gasteiger partial charge on any atom is 0.254 e. The third kappa shape index (κ3) is 2.73. The van der Waals surface area contributed by atoms with E-state index in [2.05, 4.69) is 22.0 Å². The fourth-order valence-corrected chi connectivity index (χ4v) is 2.47. The Morgan fingerprint density at radius 1 is 1.39 bits per heavy atom. The highest BCUT2D eigenvalue weighted by Gasteiger charge is 2.28. The van der Waals surface area contributed by atoms with Gasteiger partial charge in [-0.3, -0.25) is 4.79 Å². The molecule has 0 radical (unpaired) electrons. The smallest absolute Gasteiger partial charge is 0.254 e. The maximum absolute atomic E-state index is 12.4. The first-order valence-corrected chi connectivity index (χ1v) is 7.25. The van der Waals surface area contributed by atoms with Gasteiger partial charge < -0.3 is 4.90 Å². The van der Waals surface area contributed by atoms with Gasteiger partial charge in [0, 0.05) is 23.5 Å². The minimum atomic E-state index is 0.0728. The molecule has 2 rings (SSSR count). The summed E-state index contributed by atoms with van der Waals surface area (Å²) < 4.78 is 0. The lowest BCUT2D eigenvalue weighted by molar-refractivity contribution is 0.0599. The molecule has 0 N–H and O–H groups in total. The van der Waals surface area contributed by atoms with Crippen molar-refractivity contribution in [1.29, 1.82) is 5.26 Å². The van der Waals surface area contributed by atoms with E-state index < -0.39 is 0 Å². The second-order valence-electron chi connectivity index (χ2n) is 4.46. The maximum atomic E-state index is 12.4. The molecule has 4 heteroatoms. The van der Waals surface area contributed by atoms with Crippen LogP contribution in [-0.2, 0) is 0 Å². The number of nitriles is 1. The summed E-state index contributed by atoms with van der Waals surface area (Å²) in [5.74, 6) is 0.0728. The van der Waals surface area contributed by atoms with Crippen molar-refractivity contribution in [2.24, 2.45) is 0 Å². The number of hydrogen-bond donors (Lipinski definition) is 0. The van der Waals surface area contributed by atoms with E-state index in [-0.39, 0.29) is 5.91 Å². The van der Waals surface area contributed by atoms with Crippen LogP contribution in [0.2, 0.25) is 0 Å². The van der Waals surface area contributed by atoms with Crippen LogP contribution in [0.25, 0.3) is 0 Å². The molecule has 0 spiro atoms. The van der Waals surface area contributed by atoms with E-state index in [1.54, 1.807) is 24.3 Å². The molecule has 1 aromatic rings. The molecule has 0 atom stereocenters. The third-order valence-corrected chi connectivity index (χ3v) is 3.72. The molecule has 1 aromatic carbocycles. The number of hydrogen-bond acceptors (Lipinski definition) is 2. The molecule has 1 saturated carbocycles. The molecule has 1 aliphatic carbocycles. The van der Waals surface area contributed by atoms with Gasteiger partial charge in [0.1, 0.15) is 0 Å². The molecule has 0 saturated heterocycles. The number of carbonyl (C=O) groups excluding carboxylic acids is 1. The first kappa shape index (κ1) is 13.1. The number of amides is 1. The Morgan fingerprint density at radius 3 is 2.50 bits per heavy atom. The second-order valence-corrected chi connectivity index (χ2v) is 5.25. The molecule has 18 heavy (non-hydrogen) atoms. The van der Waals surface area contributed by atoms with E-state index in [4.69, 9.17) is 5.26 Å². The molecule has 1 amide bonds. The molecule has 94 valence electrons. The van der Waals surface area contributed by atoms with Gasteiger partial charge >= 0.3 is 0 Å². The fourth-order valence-electron chi connectivity index (χ4n) is 2.09. The summed E-state index contributed by atoms with van der Waals surface area (Å²) in [7, 11) is 0. The van der Waals surface area contributed by atoms with E-state index in [1.165, 1.54) is 6.42 Å². The Bertz CT molecular complexity index is 460. The highest BCUT2D eigenvalue weighted by Crippen LogP contribution is 2.26. The molecule has 0 unspecified atom stereocenters. The van der Waals surface area contributed by atoms with Gasteiger partial charge in [-0.25, -0.2) is 0 Å². The van der Waals surface area contributed by atoms with E-state index in [0.29, 0.717) is 17.2 Å². The van der Waals surface area contributed by atoms with E-state index in [0.717, 1.165) is 24.7 Å². The number of rotatable bonds is 4. The fraction of sp³-hybridized carbons (Fsp3) is 0.429. The SMILES string of the molecule is N#Cc1ccc(C(=O)N(CCBr)C2CCC2)cc1. The van der Waals surface area contributed by atoms with Crippen molar-refractivity contribution in [2.75, 3.05) is 11.9 Å². The predicted octanol–water partition coefficient (Wildman–Crippen LogP) is 2.95. The topological polar surface area (TPSA) is 44.1 Å². The highest BCUT2D eigenvalue weighted by molar-refractivity contribution is 9.09. The Labute approximate surface area is 116 Å². The number of carbonyl (C=O) groups is 1. The first-order chi connectivity index (χ1) is 8.76. The van der Waals surface area contributed by atoms with Crippen LogP contribution in [-0.4, -0.2) is 28.7 Å². The van der Waals surface area contributed by atoms with Gasteiger partial charge in [0.2, 0.25) is 0 Å². The van der Waals surface area contributed by atoms with Gasteiger partial charge in [-0.15, -0.1) is 0 Å². The lowest BCUT2D eigenvalue weighted by Gasteiger charge is -2.37. The van der Waals surface area contributed by atoms with Crippen molar-refractivity contribution in [1.82, 2.24) is 4.90 Å². The molecule has 3 nitrogen and oxygen atoms in total. The zero-order chi connectivity index (χ0) is 13.0. The van der Waals surface area contributed by atoms with Crippen LogP contribution >= 0.6 is 15.9 Å². The quantitative estimate of drug-likeness (QED) is 0.803. The minimum absolute atomic E-state index is 0.0728. The van der Waals surface area contributed by atoms with Crippen molar-refractivity contribution >= 4 is 21.8 Å². The summed E-state index contributed by atoms with van der Waals surface area (Å²) in [6.07, 6.45) is 3.42. The minimum Gasteiger partial charge on any atom is -0.335 e.